The fourth-order valence-corrected chi connectivity index (χ4v) is 2.07. The van der Waals surface area contributed by atoms with E-state index in [9.17, 15) is 24.0 Å². The summed E-state index contributed by atoms with van der Waals surface area (Å²) in [7, 11) is 1.19. The van der Waals surface area contributed by atoms with Gasteiger partial charge in [0, 0.05) is 12.5 Å². The van der Waals surface area contributed by atoms with Gasteiger partial charge in [-0.2, -0.15) is 0 Å². The van der Waals surface area contributed by atoms with Crippen LogP contribution in [-0.4, -0.2) is 54.2 Å². The Bertz CT molecular complexity index is 567. The molecule has 2 rings (SSSR count). The Morgan fingerprint density at radius 2 is 2.14 bits per heavy atom. The first kappa shape index (κ1) is 14.7. The zero-order valence-electron chi connectivity index (χ0n) is 11.2. The number of carbonyl (C=O) groups excluding carboxylic acids is 5. The van der Waals surface area contributed by atoms with Crippen molar-refractivity contribution in [3.05, 3.63) is 11.8 Å². The Balaban J connectivity index is 2.06. The minimum absolute atomic E-state index is 0.0540. The molecule has 2 heterocycles. The van der Waals surface area contributed by atoms with Crippen LogP contribution in [-0.2, 0) is 28.7 Å². The molecule has 0 saturated carbocycles. The largest absolute Gasteiger partial charge is 0.468 e. The number of nitrogens with one attached hydrogen (secondary N) is 2. The van der Waals surface area contributed by atoms with Crippen LogP contribution in [0.4, 0.5) is 0 Å². The summed E-state index contributed by atoms with van der Waals surface area (Å²) in [5.41, 5.74) is -0.0879. The normalized spacial score (nSPS) is 22.0. The van der Waals surface area contributed by atoms with Crippen LogP contribution in [0.5, 0.6) is 0 Å². The summed E-state index contributed by atoms with van der Waals surface area (Å²) in [6.45, 7) is -0.273. The molecule has 9 heteroatoms. The van der Waals surface area contributed by atoms with Gasteiger partial charge in [-0.05, 0) is 6.42 Å². The van der Waals surface area contributed by atoms with Crippen molar-refractivity contribution in [2.45, 2.75) is 18.9 Å². The molecule has 9 nitrogen and oxygen atoms in total. The van der Waals surface area contributed by atoms with E-state index in [1.54, 1.807) is 0 Å². The molecule has 0 aromatic carbocycles. The standard InChI is InChI=1S/C12H13N3O6/c1-21-10(18)5-13-6-4-9(17)15(12(6)20)7-2-3-8(16)14-11(7)19/h4,7,13H,2-3,5H2,1H3,(H,14,16,19). The van der Waals surface area contributed by atoms with Gasteiger partial charge in [-0.15, -0.1) is 0 Å². The highest BCUT2D eigenvalue weighted by Crippen LogP contribution is 2.19. The van der Waals surface area contributed by atoms with Gasteiger partial charge in [0.1, 0.15) is 18.3 Å². The van der Waals surface area contributed by atoms with Crippen LogP contribution in [0.2, 0.25) is 0 Å². The molecule has 1 saturated heterocycles. The van der Waals surface area contributed by atoms with Crippen molar-refractivity contribution >= 4 is 29.6 Å². The van der Waals surface area contributed by atoms with Crippen molar-refractivity contribution < 1.29 is 28.7 Å². The van der Waals surface area contributed by atoms with Crippen molar-refractivity contribution in [3.63, 3.8) is 0 Å². The van der Waals surface area contributed by atoms with E-state index < -0.39 is 35.6 Å². The molecule has 2 aliphatic rings. The summed E-state index contributed by atoms with van der Waals surface area (Å²) in [6, 6.07) is -1.02. The van der Waals surface area contributed by atoms with Crippen molar-refractivity contribution in [2.75, 3.05) is 13.7 Å². The van der Waals surface area contributed by atoms with Crippen LogP contribution in [0.3, 0.4) is 0 Å². The van der Waals surface area contributed by atoms with E-state index in [0.717, 1.165) is 11.0 Å². The number of carbonyl (C=O) groups is 5. The van der Waals surface area contributed by atoms with Crippen molar-refractivity contribution in [3.8, 4) is 0 Å². The number of ether oxygens (including phenoxy) is 1. The van der Waals surface area contributed by atoms with Gasteiger partial charge in [-0.3, -0.25) is 34.2 Å². The lowest BCUT2D eigenvalue weighted by Gasteiger charge is -2.28. The molecule has 0 aromatic heterocycles. The highest BCUT2D eigenvalue weighted by atomic mass is 16.5. The molecule has 21 heavy (non-hydrogen) atoms. The number of esters is 1. The molecular weight excluding hydrogens is 282 g/mol. The minimum Gasteiger partial charge on any atom is -0.468 e. The number of hydrogen-bond acceptors (Lipinski definition) is 7. The third-order valence-corrected chi connectivity index (χ3v) is 3.13. The third kappa shape index (κ3) is 2.91. The second-order valence-corrected chi connectivity index (χ2v) is 4.47. The van der Waals surface area contributed by atoms with E-state index in [4.69, 9.17) is 0 Å². The molecule has 4 amide bonds. The molecule has 0 radical (unpaired) electrons. The molecule has 0 bridgehead atoms. The van der Waals surface area contributed by atoms with Gasteiger partial charge < -0.3 is 10.1 Å². The van der Waals surface area contributed by atoms with Crippen molar-refractivity contribution in [1.29, 1.82) is 0 Å². The van der Waals surface area contributed by atoms with Crippen molar-refractivity contribution in [1.82, 2.24) is 15.5 Å². The Kier molecular flexibility index (Phi) is 4.01. The highest BCUT2D eigenvalue weighted by molar-refractivity contribution is 6.18. The zero-order valence-corrected chi connectivity index (χ0v) is 11.2. The number of nitrogens with zero attached hydrogens (tertiary/aromatic N) is 1. The van der Waals surface area contributed by atoms with E-state index in [1.165, 1.54) is 7.11 Å². The molecule has 2 N–H and O–H groups in total. The summed E-state index contributed by atoms with van der Waals surface area (Å²) in [4.78, 5) is 58.5. The van der Waals surface area contributed by atoms with E-state index in [2.05, 4.69) is 15.4 Å². The molecule has 2 aliphatic heterocycles. The summed E-state index contributed by atoms with van der Waals surface area (Å²) >= 11 is 0. The molecule has 0 aromatic rings. The van der Waals surface area contributed by atoms with Gasteiger partial charge in [0.25, 0.3) is 11.8 Å². The second-order valence-electron chi connectivity index (χ2n) is 4.47. The first-order valence-corrected chi connectivity index (χ1v) is 6.17. The third-order valence-electron chi connectivity index (χ3n) is 3.13. The molecule has 0 spiro atoms. The Morgan fingerprint density at radius 1 is 1.43 bits per heavy atom. The van der Waals surface area contributed by atoms with Gasteiger partial charge in [-0.1, -0.05) is 0 Å². The maximum atomic E-state index is 12.1. The Morgan fingerprint density at radius 3 is 2.76 bits per heavy atom. The fraction of sp³-hybridized carbons (Fsp3) is 0.417. The lowest BCUT2D eigenvalue weighted by atomic mass is 10.0. The number of piperidine rings is 1. The van der Waals surface area contributed by atoms with Crippen LogP contribution in [0.25, 0.3) is 0 Å². The smallest absolute Gasteiger partial charge is 0.325 e. The first-order chi connectivity index (χ1) is 9.93. The number of rotatable bonds is 4. The van der Waals surface area contributed by atoms with Gasteiger partial charge in [0.05, 0.1) is 7.11 Å². The average molecular weight is 295 g/mol. The number of imide groups is 2. The molecular formula is C12H13N3O6. The van der Waals surface area contributed by atoms with Crippen LogP contribution >= 0.6 is 0 Å². The molecule has 1 atom stereocenters. The van der Waals surface area contributed by atoms with Gasteiger partial charge in [0.15, 0.2) is 0 Å². The first-order valence-electron chi connectivity index (χ1n) is 6.17. The summed E-state index contributed by atoms with van der Waals surface area (Å²) in [6.07, 6.45) is 1.15. The highest BCUT2D eigenvalue weighted by Gasteiger charge is 2.42. The SMILES string of the molecule is COC(=O)CNC1=CC(=O)N(C2CCC(=O)NC2=O)C1=O. The van der Waals surface area contributed by atoms with Crippen LogP contribution in [0.1, 0.15) is 12.8 Å². The van der Waals surface area contributed by atoms with E-state index >= 15 is 0 Å². The van der Waals surface area contributed by atoms with Gasteiger partial charge in [-0.25, -0.2) is 0 Å². The average Bonchev–Trinajstić information content (AvgIpc) is 2.72. The van der Waals surface area contributed by atoms with E-state index in [1.807, 2.05) is 0 Å². The minimum atomic E-state index is -1.02. The van der Waals surface area contributed by atoms with Crippen molar-refractivity contribution in [2.24, 2.45) is 0 Å². The molecule has 1 fully saturated rings. The quantitative estimate of drug-likeness (QED) is 0.446. The lowest BCUT2D eigenvalue weighted by molar-refractivity contribution is -0.150. The number of methoxy groups -OCH3 is 1. The number of hydrogen-bond donors (Lipinski definition) is 2. The lowest BCUT2D eigenvalue weighted by Crippen LogP contribution is -2.54. The molecule has 112 valence electrons. The van der Waals surface area contributed by atoms with Gasteiger partial charge >= 0.3 is 5.97 Å². The van der Waals surface area contributed by atoms with Crippen LogP contribution < -0.4 is 10.6 Å². The summed E-state index contributed by atoms with van der Waals surface area (Å²) < 4.78 is 4.40. The fourth-order valence-electron chi connectivity index (χ4n) is 2.07. The van der Waals surface area contributed by atoms with E-state index in [-0.39, 0.29) is 25.1 Å². The predicted octanol–water partition coefficient (Wildman–Crippen LogP) is -2.19. The monoisotopic (exact) mass is 295 g/mol. The Hall–Kier alpha value is -2.71. The maximum Gasteiger partial charge on any atom is 0.325 e. The van der Waals surface area contributed by atoms with E-state index in [0.29, 0.717) is 0 Å². The maximum absolute atomic E-state index is 12.1. The van der Waals surface area contributed by atoms with Crippen LogP contribution in [0, 0.1) is 0 Å². The molecule has 1 unspecified atom stereocenters. The second kappa shape index (κ2) is 5.73. The zero-order chi connectivity index (χ0) is 15.6. The Labute approximate surface area is 119 Å². The number of amides is 4. The van der Waals surface area contributed by atoms with Gasteiger partial charge in [0.2, 0.25) is 11.8 Å². The summed E-state index contributed by atoms with van der Waals surface area (Å²) in [5.74, 6) is -3.10. The van der Waals surface area contributed by atoms with Crippen LogP contribution in [0.15, 0.2) is 11.8 Å². The summed E-state index contributed by atoms with van der Waals surface area (Å²) in [5, 5.41) is 4.56. The predicted molar refractivity (Wildman–Crippen MR) is 66.1 cm³/mol. The molecule has 0 aliphatic carbocycles. The topological polar surface area (TPSA) is 122 Å².